The van der Waals surface area contributed by atoms with E-state index in [1.165, 1.54) is 17.5 Å². The van der Waals surface area contributed by atoms with Crippen LogP contribution in [0.3, 0.4) is 0 Å². The molecule has 0 fully saturated rings. The minimum atomic E-state index is 0.111. The van der Waals surface area contributed by atoms with Gasteiger partial charge >= 0.3 is 0 Å². The number of carbonyl (C=O) groups is 1. The van der Waals surface area contributed by atoms with Crippen LogP contribution in [0.15, 0.2) is 47.1 Å². The highest BCUT2D eigenvalue weighted by atomic mass is 16.5. The number of anilines is 2. The highest BCUT2D eigenvalue weighted by molar-refractivity contribution is 5.99. The van der Waals surface area contributed by atoms with Crippen LogP contribution in [0.1, 0.15) is 23.1 Å². The Hall–Kier alpha value is -4.51. The number of carbonyl (C=O) groups excluding carboxylic acids is 1. The fraction of sp³-hybridized carbons (Fsp3) is 0.269. The minimum Gasteiger partial charge on any atom is -0.424 e. The van der Waals surface area contributed by atoms with Crippen molar-refractivity contribution in [3.05, 3.63) is 59.4 Å². The zero-order chi connectivity index (χ0) is 25.5. The third-order valence-electron chi connectivity index (χ3n) is 6.72. The molecule has 4 N–H and O–H groups in total. The van der Waals surface area contributed by atoms with E-state index in [0.717, 1.165) is 17.5 Å². The quantitative estimate of drug-likeness (QED) is 0.360. The van der Waals surface area contributed by atoms with Gasteiger partial charge in [-0.1, -0.05) is 18.2 Å². The summed E-state index contributed by atoms with van der Waals surface area (Å²) in [4.78, 5) is 27.2. The van der Waals surface area contributed by atoms with Crippen molar-refractivity contribution in [2.45, 2.75) is 25.9 Å². The maximum absolute atomic E-state index is 12.4. The summed E-state index contributed by atoms with van der Waals surface area (Å²) in [6.07, 6.45) is 2.66. The predicted octanol–water partition coefficient (Wildman–Crippen LogP) is 2.77. The summed E-state index contributed by atoms with van der Waals surface area (Å²) >= 11 is 0. The maximum atomic E-state index is 12.4. The Bertz CT molecular complexity index is 1640. The lowest BCUT2D eigenvalue weighted by Crippen LogP contribution is -2.36. The van der Waals surface area contributed by atoms with E-state index in [2.05, 4.69) is 33.2 Å². The first-order chi connectivity index (χ1) is 18.0. The topological polar surface area (TPSA) is 151 Å². The average molecular weight is 499 g/mol. The monoisotopic (exact) mass is 498 g/mol. The number of hydrogen-bond acceptors (Lipinski definition) is 9. The van der Waals surface area contributed by atoms with Gasteiger partial charge in [0.15, 0.2) is 11.2 Å². The summed E-state index contributed by atoms with van der Waals surface area (Å²) in [6.45, 7) is 2.27. The van der Waals surface area contributed by atoms with Crippen LogP contribution in [0.2, 0.25) is 0 Å². The average Bonchev–Trinajstić information content (AvgIpc) is 3.46. The van der Waals surface area contributed by atoms with Crippen molar-refractivity contribution in [2.75, 3.05) is 31.7 Å². The second kappa shape index (κ2) is 9.17. The number of rotatable bonds is 6. The molecule has 37 heavy (non-hydrogen) atoms. The molecule has 0 saturated heterocycles. The smallest absolute Gasteiger partial charge is 0.292 e. The molecule has 2 aromatic carbocycles. The van der Waals surface area contributed by atoms with Gasteiger partial charge in [-0.05, 0) is 41.3 Å². The number of nitrogens with zero attached hydrogens (tertiary/aromatic N) is 6. The van der Waals surface area contributed by atoms with E-state index < -0.39 is 0 Å². The molecule has 0 radical (unpaired) electrons. The first-order valence-electron chi connectivity index (χ1n) is 12.0. The predicted molar refractivity (Wildman–Crippen MR) is 138 cm³/mol. The molecule has 0 saturated carbocycles. The molecule has 11 nitrogen and oxygen atoms in total. The Labute approximate surface area is 212 Å². The van der Waals surface area contributed by atoms with Crippen molar-refractivity contribution in [1.82, 2.24) is 29.6 Å². The highest BCUT2D eigenvalue weighted by Crippen LogP contribution is 2.33. The molecule has 0 unspecified atom stereocenters. The Morgan fingerprint density at radius 2 is 2.03 bits per heavy atom. The number of fused-ring (bicyclic) bond motifs is 3. The SMILES string of the molecule is COCCC(=O)N1CCc2cc(Cn3nc(-c4ccc5oc(N)nc5c4)c4c(N)ncnc43)ccc2C1. The summed E-state index contributed by atoms with van der Waals surface area (Å²) in [5, 5.41) is 5.57. The van der Waals surface area contributed by atoms with Gasteiger partial charge in [-0.15, -0.1) is 0 Å². The van der Waals surface area contributed by atoms with Crippen molar-refractivity contribution >= 4 is 39.9 Å². The molecule has 0 atom stereocenters. The van der Waals surface area contributed by atoms with Crippen molar-refractivity contribution in [3.63, 3.8) is 0 Å². The van der Waals surface area contributed by atoms with Crippen molar-refractivity contribution in [2.24, 2.45) is 0 Å². The zero-order valence-corrected chi connectivity index (χ0v) is 20.3. The number of oxazole rings is 1. The van der Waals surface area contributed by atoms with E-state index in [0.29, 0.717) is 66.3 Å². The van der Waals surface area contributed by atoms with Crippen LogP contribution in [0.4, 0.5) is 11.8 Å². The zero-order valence-electron chi connectivity index (χ0n) is 20.3. The molecule has 1 amide bonds. The van der Waals surface area contributed by atoms with Crippen LogP contribution >= 0.6 is 0 Å². The molecule has 6 rings (SSSR count). The Kier molecular flexibility index (Phi) is 5.68. The fourth-order valence-corrected chi connectivity index (χ4v) is 4.87. The van der Waals surface area contributed by atoms with Crippen molar-refractivity contribution in [3.8, 4) is 11.3 Å². The van der Waals surface area contributed by atoms with Crippen LogP contribution in [0, 0.1) is 0 Å². The largest absolute Gasteiger partial charge is 0.424 e. The second-order valence-corrected chi connectivity index (χ2v) is 9.11. The Morgan fingerprint density at radius 3 is 2.89 bits per heavy atom. The number of hydrogen-bond donors (Lipinski definition) is 2. The van der Waals surface area contributed by atoms with Crippen LogP contribution in [0.5, 0.6) is 0 Å². The number of amides is 1. The standard InChI is InChI=1S/C26H26N8O3/c1-36-9-7-21(35)33-8-6-16-10-15(2-3-18(16)13-33)12-34-25-22(24(27)29-14-30-25)23(32-34)17-4-5-20-19(11-17)31-26(28)37-20/h2-5,10-11,14H,6-9,12-13H2,1H3,(H2,28,31)(H2,27,29,30). The van der Waals surface area contributed by atoms with E-state index >= 15 is 0 Å². The maximum Gasteiger partial charge on any atom is 0.292 e. The molecule has 1 aliphatic heterocycles. The summed E-state index contributed by atoms with van der Waals surface area (Å²) < 4.78 is 12.3. The first kappa shape index (κ1) is 22.9. The van der Waals surface area contributed by atoms with E-state index in [1.807, 2.05) is 27.8 Å². The van der Waals surface area contributed by atoms with Gasteiger partial charge in [0.25, 0.3) is 6.01 Å². The van der Waals surface area contributed by atoms with Crippen molar-refractivity contribution in [1.29, 1.82) is 0 Å². The lowest BCUT2D eigenvalue weighted by molar-refractivity contribution is -0.133. The molecule has 3 aromatic heterocycles. The van der Waals surface area contributed by atoms with Crippen LogP contribution in [-0.4, -0.2) is 55.8 Å². The van der Waals surface area contributed by atoms with Gasteiger partial charge in [0.1, 0.15) is 23.4 Å². The molecule has 188 valence electrons. The number of benzene rings is 2. The van der Waals surface area contributed by atoms with Gasteiger partial charge in [0.05, 0.1) is 25.0 Å². The Morgan fingerprint density at radius 1 is 1.14 bits per heavy atom. The Balaban J connectivity index is 1.31. The van der Waals surface area contributed by atoms with Crippen molar-refractivity contribution < 1.29 is 13.9 Å². The molecule has 4 heterocycles. The number of ether oxygens (including phenoxy) is 1. The second-order valence-electron chi connectivity index (χ2n) is 9.11. The number of nitrogen functional groups attached to an aromatic ring is 2. The fourth-order valence-electron chi connectivity index (χ4n) is 4.87. The van der Waals surface area contributed by atoms with Gasteiger partial charge in [-0.3, -0.25) is 4.79 Å². The van der Waals surface area contributed by atoms with Gasteiger partial charge in [0, 0.05) is 25.8 Å². The van der Waals surface area contributed by atoms with E-state index in [4.69, 9.17) is 25.7 Å². The number of aromatic nitrogens is 5. The molecular weight excluding hydrogens is 472 g/mol. The third-order valence-corrected chi connectivity index (χ3v) is 6.72. The molecule has 11 heteroatoms. The lowest BCUT2D eigenvalue weighted by Gasteiger charge is -2.29. The van der Waals surface area contributed by atoms with Crippen LogP contribution in [0.25, 0.3) is 33.4 Å². The molecule has 1 aliphatic rings. The van der Waals surface area contributed by atoms with Gasteiger partial charge in [-0.25, -0.2) is 14.6 Å². The van der Waals surface area contributed by atoms with Crippen LogP contribution < -0.4 is 11.5 Å². The van der Waals surface area contributed by atoms with E-state index in [-0.39, 0.29) is 11.9 Å². The third kappa shape index (κ3) is 4.23. The van der Waals surface area contributed by atoms with Gasteiger partial charge in [0.2, 0.25) is 5.91 Å². The van der Waals surface area contributed by atoms with E-state index in [1.54, 1.807) is 7.11 Å². The molecule has 5 aromatic rings. The number of methoxy groups -OCH3 is 1. The summed E-state index contributed by atoms with van der Waals surface area (Å²) in [6, 6.07) is 12.0. The molecule has 0 spiro atoms. The first-order valence-corrected chi connectivity index (χ1v) is 12.0. The van der Waals surface area contributed by atoms with E-state index in [9.17, 15) is 4.79 Å². The lowest BCUT2D eigenvalue weighted by atomic mass is 9.97. The molecular formula is C26H26N8O3. The summed E-state index contributed by atoms with van der Waals surface area (Å²) in [7, 11) is 1.61. The normalized spacial score (nSPS) is 13.4. The minimum absolute atomic E-state index is 0.111. The number of nitrogens with two attached hydrogens (primary N) is 2. The summed E-state index contributed by atoms with van der Waals surface area (Å²) in [5.41, 5.74) is 18.9. The molecule has 0 bridgehead atoms. The van der Waals surface area contributed by atoms with Gasteiger partial charge in [-0.2, -0.15) is 10.1 Å². The molecule has 0 aliphatic carbocycles. The summed E-state index contributed by atoms with van der Waals surface area (Å²) in [5.74, 6) is 0.477. The van der Waals surface area contributed by atoms with Gasteiger partial charge < -0.3 is 25.5 Å². The highest BCUT2D eigenvalue weighted by Gasteiger charge is 2.22. The van der Waals surface area contributed by atoms with Crippen LogP contribution in [-0.2, 0) is 29.0 Å².